The third-order valence-corrected chi connectivity index (χ3v) is 5.84. The Hall–Kier alpha value is -3.20. The maximum atomic E-state index is 12.9. The molecule has 30 heavy (non-hydrogen) atoms. The van der Waals surface area contributed by atoms with E-state index in [1.54, 1.807) is 52.2 Å². The molecule has 1 aromatic heterocycles. The number of hydrogen-bond donors (Lipinski definition) is 1. The van der Waals surface area contributed by atoms with Crippen molar-refractivity contribution in [1.82, 2.24) is 4.90 Å². The number of carbonyl (C=O) groups is 4. The highest BCUT2D eigenvalue weighted by atomic mass is 32.1. The molecule has 0 radical (unpaired) electrons. The average molecular weight is 430 g/mol. The summed E-state index contributed by atoms with van der Waals surface area (Å²) >= 11 is 0.991. The van der Waals surface area contributed by atoms with Gasteiger partial charge in [-0.2, -0.15) is 0 Å². The van der Waals surface area contributed by atoms with Crippen molar-refractivity contribution in [2.24, 2.45) is 0 Å². The molecule has 0 saturated heterocycles. The van der Waals surface area contributed by atoms with Crippen LogP contribution in [-0.4, -0.2) is 55.5 Å². The predicted molar refractivity (Wildman–Crippen MR) is 111 cm³/mol. The quantitative estimate of drug-likeness (QED) is 0.732. The maximum absolute atomic E-state index is 12.9. The van der Waals surface area contributed by atoms with Crippen molar-refractivity contribution >= 4 is 40.1 Å². The van der Waals surface area contributed by atoms with Crippen LogP contribution in [0.3, 0.4) is 0 Å². The smallest absolute Gasteiger partial charge is 0.341 e. The Labute approximate surface area is 177 Å². The number of esters is 2. The molecular weight excluding hydrogens is 408 g/mol. The number of ether oxygens (including phenoxy) is 2. The maximum Gasteiger partial charge on any atom is 0.341 e. The number of hydrogen-bond acceptors (Lipinski definition) is 7. The zero-order valence-electron chi connectivity index (χ0n) is 17.1. The second kappa shape index (κ2) is 8.66. The number of anilines is 1. The molecule has 1 atom stereocenters. The van der Waals surface area contributed by atoms with Crippen molar-refractivity contribution in [2.45, 2.75) is 26.4 Å². The van der Waals surface area contributed by atoms with Crippen LogP contribution in [0.15, 0.2) is 24.3 Å². The lowest BCUT2D eigenvalue weighted by Crippen LogP contribution is -2.38. The minimum Gasteiger partial charge on any atom is -0.462 e. The monoisotopic (exact) mass is 430 g/mol. The standard InChI is InChI=1S/C21H22N2O6S/c1-5-28-21(27)15-11(2)16(19(25)23(3)4)30-18(15)22-17(24)14-10-12-8-6-7-9-13(12)20(26)29-14/h6-9,14H,5,10H2,1-4H3,(H,22,24). The first-order chi connectivity index (χ1) is 14.2. The minimum atomic E-state index is -1.04. The van der Waals surface area contributed by atoms with Gasteiger partial charge in [0.05, 0.1) is 22.6 Å². The van der Waals surface area contributed by atoms with Crippen molar-refractivity contribution < 1.29 is 28.7 Å². The minimum absolute atomic E-state index is 0.128. The van der Waals surface area contributed by atoms with E-state index in [2.05, 4.69) is 5.32 Å². The van der Waals surface area contributed by atoms with E-state index in [4.69, 9.17) is 9.47 Å². The Morgan fingerprint density at radius 1 is 1.27 bits per heavy atom. The number of rotatable bonds is 5. The second-order valence-corrected chi connectivity index (χ2v) is 7.95. The Morgan fingerprint density at radius 2 is 1.97 bits per heavy atom. The predicted octanol–water partition coefficient (Wildman–Crippen LogP) is 2.66. The Morgan fingerprint density at radius 3 is 2.63 bits per heavy atom. The molecular formula is C21H22N2O6S. The molecule has 0 saturated carbocycles. The number of nitrogens with zero attached hydrogens (tertiary/aromatic N) is 1. The lowest BCUT2D eigenvalue weighted by molar-refractivity contribution is -0.125. The summed E-state index contributed by atoms with van der Waals surface area (Å²) in [6.45, 7) is 3.45. The molecule has 2 heterocycles. The van der Waals surface area contributed by atoms with Crippen LogP contribution in [0.4, 0.5) is 5.00 Å². The van der Waals surface area contributed by atoms with Gasteiger partial charge >= 0.3 is 11.9 Å². The van der Waals surface area contributed by atoms with Crippen LogP contribution in [0, 0.1) is 6.92 Å². The van der Waals surface area contributed by atoms with E-state index in [0.717, 1.165) is 11.3 Å². The van der Waals surface area contributed by atoms with Crippen LogP contribution in [-0.2, 0) is 20.7 Å². The second-order valence-electron chi connectivity index (χ2n) is 6.92. The molecule has 0 bridgehead atoms. The third kappa shape index (κ3) is 4.06. The summed E-state index contributed by atoms with van der Waals surface area (Å²) in [6.07, 6.45) is -0.825. The highest BCUT2D eigenvalue weighted by molar-refractivity contribution is 7.18. The van der Waals surface area contributed by atoms with Crippen LogP contribution in [0.2, 0.25) is 0 Å². The van der Waals surface area contributed by atoms with Gasteiger partial charge in [-0.25, -0.2) is 9.59 Å². The summed E-state index contributed by atoms with van der Waals surface area (Å²) in [7, 11) is 3.20. The van der Waals surface area contributed by atoms with Crippen LogP contribution >= 0.6 is 11.3 Å². The van der Waals surface area contributed by atoms with Crippen molar-refractivity contribution in [1.29, 1.82) is 0 Å². The zero-order chi connectivity index (χ0) is 22.0. The molecule has 3 rings (SSSR count). The van der Waals surface area contributed by atoms with Gasteiger partial charge in [0.15, 0.2) is 6.10 Å². The van der Waals surface area contributed by atoms with E-state index in [0.29, 0.717) is 21.6 Å². The third-order valence-electron chi connectivity index (χ3n) is 4.65. The van der Waals surface area contributed by atoms with E-state index < -0.39 is 23.9 Å². The van der Waals surface area contributed by atoms with Crippen molar-refractivity contribution in [3.8, 4) is 0 Å². The lowest BCUT2D eigenvalue weighted by atomic mass is 9.98. The van der Waals surface area contributed by atoms with Gasteiger partial charge in [0.1, 0.15) is 5.00 Å². The highest BCUT2D eigenvalue weighted by Crippen LogP contribution is 2.35. The number of benzene rings is 1. The van der Waals surface area contributed by atoms with Crippen LogP contribution in [0.1, 0.15) is 48.4 Å². The van der Waals surface area contributed by atoms with Crippen molar-refractivity contribution in [2.75, 3.05) is 26.0 Å². The van der Waals surface area contributed by atoms with Crippen LogP contribution in [0.25, 0.3) is 0 Å². The fourth-order valence-electron chi connectivity index (χ4n) is 3.13. The van der Waals surface area contributed by atoms with E-state index >= 15 is 0 Å². The molecule has 158 valence electrons. The van der Waals surface area contributed by atoms with Crippen LogP contribution in [0.5, 0.6) is 0 Å². The summed E-state index contributed by atoms with van der Waals surface area (Å²) in [5.41, 5.74) is 1.70. The molecule has 0 aliphatic carbocycles. The Balaban J connectivity index is 1.91. The molecule has 1 N–H and O–H groups in total. The van der Waals surface area contributed by atoms with Gasteiger partial charge in [-0.15, -0.1) is 11.3 Å². The first-order valence-electron chi connectivity index (χ1n) is 9.36. The number of cyclic esters (lactones) is 1. The van der Waals surface area contributed by atoms with Crippen molar-refractivity contribution in [3.63, 3.8) is 0 Å². The molecule has 8 nitrogen and oxygen atoms in total. The summed E-state index contributed by atoms with van der Waals surface area (Å²) in [4.78, 5) is 51.7. The SMILES string of the molecule is CCOC(=O)c1c(NC(=O)C2Cc3ccccc3C(=O)O2)sc(C(=O)N(C)C)c1C. The fourth-order valence-corrected chi connectivity index (χ4v) is 4.35. The average Bonchev–Trinajstić information content (AvgIpc) is 3.03. The number of nitrogens with one attached hydrogen (secondary N) is 1. The summed E-state index contributed by atoms with van der Waals surface area (Å²) in [5.74, 6) is -2.08. The Bertz CT molecular complexity index is 1030. The molecule has 0 spiro atoms. The Kier molecular flexibility index (Phi) is 6.21. The van der Waals surface area contributed by atoms with Gasteiger partial charge in [-0.1, -0.05) is 18.2 Å². The van der Waals surface area contributed by atoms with Gasteiger partial charge in [0.2, 0.25) is 0 Å². The summed E-state index contributed by atoms with van der Waals surface area (Å²) < 4.78 is 10.4. The topological polar surface area (TPSA) is 102 Å². The fraction of sp³-hybridized carbons (Fsp3) is 0.333. The van der Waals surface area contributed by atoms with Gasteiger partial charge < -0.3 is 19.7 Å². The molecule has 1 aliphatic rings. The molecule has 1 aliphatic heterocycles. The summed E-state index contributed by atoms with van der Waals surface area (Å²) in [6, 6.07) is 6.92. The number of amides is 2. The van der Waals surface area contributed by atoms with E-state index in [-0.39, 0.29) is 29.5 Å². The number of carbonyl (C=O) groups excluding carboxylic acids is 4. The van der Waals surface area contributed by atoms with E-state index in [9.17, 15) is 19.2 Å². The molecule has 1 aromatic carbocycles. The molecule has 1 unspecified atom stereocenters. The molecule has 2 aromatic rings. The largest absolute Gasteiger partial charge is 0.462 e. The first kappa shape index (κ1) is 21.5. The van der Waals surface area contributed by atoms with Crippen LogP contribution < -0.4 is 5.32 Å². The van der Waals surface area contributed by atoms with Gasteiger partial charge in [-0.3, -0.25) is 9.59 Å². The lowest BCUT2D eigenvalue weighted by Gasteiger charge is -2.23. The highest BCUT2D eigenvalue weighted by Gasteiger charge is 2.33. The van der Waals surface area contributed by atoms with E-state index in [1.165, 1.54) is 4.90 Å². The first-order valence-corrected chi connectivity index (χ1v) is 10.2. The van der Waals surface area contributed by atoms with Gasteiger partial charge in [0, 0.05) is 20.5 Å². The zero-order valence-corrected chi connectivity index (χ0v) is 17.9. The number of thiophene rings is 1. The van der Waals surface area contributed by atoms with Crippen molar-refractivity contribution in [3.05, 3.63) is 51.4 Å². The van der Waals surface area contributed by atoms with Gasteiger partial charge in [0.25, 0.3) is 11.8 Å². The van der Waals surface area contributed by atoms with E-state index in [1.807, 2.05) is 0 Å². The van der Waals surface area contributed by atoms with Gasteiger partial charge in [-0.05, 0) is 31.0 Å². The molecule has 0 fully saturated rings. The normalized spacial score (nSPS) is 15.1. The molecule has 9 heteroatoms. The number of fused-ring (bicyclic) bond motifs is 1. The summed E-state index contributed by atoms with van der Waals surface area (Å²) in [5, 5.41) is 2.85. The molecule has 2 amide bonds.